The number of benzene rings is 4. The molecule has 6 rings (SSSR count). The second-order valence-electron chi connectivity index (χ2n) is 9.59. The van der Waals surface area contributed by atoms with Gasteiger partial charge in [0.15, 0.2) is 6.10 Å². The van der Waals surface area contributed by atoms with E-state index in [1.807, 2.05) is 127 Å². The highest BCUT2D eigenvalue weighted by Crippen LogP contribution is 2.47. The quantitative estimate of drug-likeness (QED) is 0.266. The number of hydrogen-bond acceptors (Lipinski definition) is 4. The molecule has 0 bridgehead atoms. The van der Waals surface area contributed by atoms with Gasteiger partial charge in [0.2, 0.25) is 0 Å². The molecule has 6 nitrogen and oxygen atoms in total. The molecule has 4 atom stereocenters. The third-order valence-electron chi connectivity index (χ3n) is 7.34. The van der Waals surface area contributed by atoms with E-state index in [0.717, 1.165) is 22.4 Å². The molecule has 6 heteroatoms. The summed E-state index contributed by atoms with van der Waals surface area (Å²) in [7, 11) is 1.61. The summed E-state index contributed by atoms with van der Waals surface area (Å²) in [6.07, 6.45) is 2.96. The molecule has 2 fully saturated rings. The molecule has 2 heterocycles. The van der Waals surface area contributed by atoms with Gasteiger partial charge in [0, 0.05) is 5.69 Å². The van der Waals surface area contributed by atoms with Crippen LogP contribution in [0.15, 0.2) is 121 Å². The van der Waals surface area contributed by atoms with Gasteiger partial charge in [-0.3, -0.25) is 9.69 Å². The maximum atomic E-state index is 13.9. The Morgan fingerprint density at radius 2 is 1.31 bits per heavy atom. The van der Waals surface area contributed by atoms with E-state index < -0.39 is 24.3 Å². The molecule has 2 aliphatic heterocycles. The summed E-state index contributed by atoms with van der Waals surface area (Å²) in [5.74, 6) is 0.548. The van der Waals surface area contributed by atoms with Crippen molar-refractivity contribution >= 4 is 23.8 Å². The summed E-state index contributed by atoms with van der Waals surface area (Å²) >= 11 is 0. The number of rotatable bonds is 7. The van der Waals surface area contributed by atoms with E-state index in [4.69, 9.17) is 9.47 Å². The molecule has 0 radical (unpaired) electrons. The average molecular weight is 517 g/mol. The Balaban J connectivity index is 1.41. The van der Waals surface area contributed by atoms with Crippen LogP contribution >= 0.6 is 0 Å². The lowest BCUT2D eigenvalue weighted by Gasteiger charge is -2.49. The van der Waals surface area contributed by atoms with Crippen molar-refractivity contribution in [1.29, 1.82) is 0 Å². The molecule has 0 aromatic heterocycles. The topological polar surface area (TPSA) is 59.1 Å². The lowest BCUT2D eigenvalue weighted by molar-refractivity contribution is -0.130. The van der Waals surface area contributed by atoms with Crippen molar-refractivity contribution in [2.75, 3.05) is 12.0 Å². The zero-order chi connectivity index (χ0) is 26.8. The summed E-state index contributed by atoms with van der Waals surface area (Å²) in [5.41, 5.74) is 3.55. The molecule has 0 N–H and O–H groups in total. The number of carbonyl (C=O) groups excluding carboxylic acids is 2. The van der Waals surface area contributed by atoms with Crippen molar-refractivity contribution in [2.45, 2.75) is 24.2 Å². The Kier molecular flexibility index (Phi) is 6.59. The van der Waals surface area contributed by atoms with Crippen LogP contribution in [0.2, 0.25) is 0 Å². The van der Waals surface area contributed by atoms with Gasteiger partial charge in [0.25, 0.3) is 5.91 Å². The molecule has 2 aliphatic rings. The summed E-state index contributed by atoms with van der Waals surface area (Å²) in [6, 6.07) is 35.2. The highest BCUT2D eigenvalue weighted by molar-refractivity contribution is 6.08. The Hall–Kier alpha value is -4.84. The number of β-lactam (4-membered cyclic amide) rings is 1. The maximum absolute atomic E-state index is 13.9. The Morgan fingerprint density at radius 3 is 1.92 bits per heavy atom. The fraction of sp³-hybridized carbons (Fsp3) is 0.152. The van der Waals surface area contributed by atoms with E-state index >= 15 is 0 Å². The van der Waals surface area contributed by atoms with Gasteiger partial charge in [0.05, 0.1) is 13.2 Å². The second kappa shape index (κ2) is 10.5. The van der Waals surface area contributed by atoms with Gasteiger partial charge in [0.1, 0.15) is 17.8 Å². The normalized spacial score (nSPS) is 22.6. The van der Waals surface area contributed by atoms with Crippen LogP contribution in [-0.4, -0.2) is 36.1 Å². The fourth-order valence-electron chi connectivity index (χ4n) is 5.44. The third-order valence-corrected chi connectivity index (χ3v) is 7.34. The minimum atomic E-state index is -0.724. The lowest BCUT2D eigenvalue weighted by atomic mass is 9.87. The van der Waals surface area contributed by atoms with Gasteiger partial charge < -0.3 is 14.4 Å². The van der Waals surface area contributed by atoms with Crippen molar-refractivity contribution in [3.8, 4) is 5.75 Å². The number of anilines is 1. The van der Waals surface area contributed by atoms with Crippen LogP contribution in [-0.2, 0) is 9.53 Å². The number of nitrogens with zero attached hydrogens (tertiary/aromatic N) is 2. The third kappa shape index (κ3) is 4.55. The second-order valence-corrected chi connectivity index (χ2v) is 9.59. The zero-order valence-electron chi connectivity index (χ0n) is 21.5. The molecular weight excluding hydrogens is 488 g/mol. The van der Waals surface area contributed by atoms with Gasteiger partial charge >= 0.3 is 6.09 Å². The average Bonchev–Trinajstić information content (AvgIpc) is 3.33. The Morgan fingerprint density at radius 1 is 0.718 bits per heavy atom. The van der Waals surface area contributed by atoms with E-state index in [9.17, 15) is 9.59 Å². The van der Waals surface area contributed by atoms with Crippen molar-refractivity contribution in [1.82, 2.24) is 4.90 Å². The predicted molar refractivity (Wildman–Crippen MR) is 150 cm³/mol. The molecule has 4 aromatic carbocycles. The first-order valence-corrected chi connectivity index (χ1v) is 12.9. The largest absolute Gasteiger partial charge is 0.497 e. The first kappa shape index (κ1) is 24.5. The van der Waals surface area contributed by atoms with E-state index in [1.165, 1.54) is 0 Å². The van der Waals surface area contributed by atoms with E-state index in [0.29, 0.717) is 5.75 Å². The molecule has 194 valence electrons. The monoisotopic (exact) mass is 516 g/mol. The molecule has 0 saturated carbocycles. The SMILES string of the molecule is COc1ccc(N2C(=O)[C@H](N3C(=O)O[C@@H](c4ccccc4)[C@H]3c3ccccc3)[C@@H]2/C=C/c2ccccc2)cc1. The van der Waals surface area contributed by atoms with Crippen LogP contribution < -0.4 is 9.64 Å². The van der Waals surface area contributed by atoms with Crippen LogP contribution in [0.3, 0.4) is 0 Å². The van der Waals surface area contributed by atoms with Gasteiger partial charge in [-0.1, -0.05) is 103 Å². The summed E-state index contributed by atoms with van der Waals surface area (Å²) in [6.45, 7) is 0. The smallest absolute Gasteiger partial charge is 0.411 e. The van der Waals surface area contributed by atoms with Gasteiger partial charge in [-0.15, -0.1) is 0 Å². The minimum Gasteiger partial charge on any atom is -0.497 e. The molecule has 0 spiro atoms. The Bertz CT molecular complexity index is 1470. The number of methoxy groups -OCH3 is 1. The molecule has 0 unspecified atom stereocenters. The number of carbonyl (C=O) groups is 2. The maximum Gasteiger partial charge on any atom is 0.411 e. The summed E-state index contributed by atoms with van der Waals surface area (Å²) < 4.78 is 11.3. The van der Waals surface area contributed by atoms with Gasteiger partial charge in [-0.25, -0.2) is 4.79 Å². The van der Waals surface area contributed by atoms with E-state index in [2.05, 4.69) is 0 Å². The summed E-state index contributed by atoms with van der Waals surface area (Å²) in [5, 5.41) is 0. The molecule has 0 aliphatic carbocycles. The van der Waals surface area contributed by atoms with Crippen LogP contribution in [0.5, 0.6) is 5.75 Å². The highest BCUT2D eigenvalue weighted by Gasteiger charge is 2.58. The van der Waals surface area contributed by atoms with Crippen LogP contribution in [0.1, 0.15) is 28.8 Å². The Labute approximate surface area is 227 Å². The standard InChI is InChI=1S/C33H28N2O4/c1-38-27-20-18-26(19-21-27)34-28(22-17-23-11-5-2-6-12-23)30(32(34)36)35-29(24-13-7-3-8-14-24)31(39-33(35)37)25-15-9-4-10-16-25/h2-22,28-31H,1H3/b22-17+/t28-,29+,30+,31-/m0/s1. The van der Waals surface area contributed by atoms with Crippen molar-refractivity contribution in [3.05, 3.63) is 138 Å². The van der Waals surface area contributed by atoms with Crippen LogP contribution in [0, 0.1) is 0 Å². The fourth-order valence-corrected chi connectivity index (χ4v) is 5.44. The van der Waals surface area contributed by atoms with Crippen molar-refractivity contribution < 1.29 is 19.1 Å². The van der Waals surface area contributed by atoms with Crippen molar-refractivity contribution in [3.63, 3.8) is 0 Å². The van der Waals surface area contributed by atoms with Gasteiger partial charge in [-0.05, 0) is 41.0 Å². The molecule has 2 saturated heterocycles. The molecule has 4 aromatic rings. The first-order chi connectivity index (χ1) is 19.2. The summed E-state index contributed by atoms with van der Waals surface area (Å²) in [4.78, 5) is 30.8. The lowest BCUT2D eigenvalue weighted by Crippen LogP contribution is -2.70. The van der Waals surface area contributed by atoms with Crippen molar-refractivity contribution in [2.24, 2.45) is 0 Å². The molecule has 2 amide bonds. The number of cyclic esters (lactones) is 1. The zero-order valence-corrected chi connectivity index (χ0v) is 21.5. The number of ether oxygens (including phenoxy) is 2. The predicted octanol–water partition coefficient (Wildman–Crippen LogP) is 6.43. The van der Waals surface area contributed by atoms with E-state index in [1.54, 1.807) is 16.9 Å². The number of amides is 2. The molecule has 39 heavy (non-hydrogen) atoms. The highest BCUT2D eigenvalue weighted by atomic mass is 16.6. The molecular formula is C33H28N2O4. The minimum absolute atomic E-state index is 0.158. The van der Waals surface area contributed by atoms with E-state index in [-0.39, 0.29) is 11.9 Å². The number of hydrogen-bond donors (Lipinski definition) is 0. The van der Waals surface area contributed by atoms with Gasteiger partial charge in [-0.2, -0.15) is 0 Å². The first-order valence-electron chi connectivity index (χ1n) is 12.9. The van der Waals surface area contributed by atoms with Crippen LogP contribution in [0.4, 0.5) is 10.5 Å². The van der Waals surface area contributed by atoms with Crippen LogP contribution in [0.25, 0.3) is 6.08 Å².